The van der Waals surface area contributed by atoms with Crippen LogP contribution in [0.3, 0.4) is 0 Å². The number of piperidine rings is 1. The zero-order chi connectivity index (χ0) is 29.4. The van der Waals surface area contributed by atoms with Gasteiger partial charge in [0.15, 0.2) is 5.60 Å². The summed E-state index contributed by atoms with van der Waals surface area (Å²) in [5.74, 6) is -3.75. The van der Waals surface area contributed by atoms with E-state index in [2.05, 4.69) is 5.32 Å². The second kappa shape index (κ2) is 11.1. The van der Waals surface area contributed by atoms with Crippen LogP contribution in [0.4, 0.5) is 24.1 Å². The Bertz CT molecular complexity index is 1260. The Kier molecular flexibility index (Phi) is 7.89. The lowest BCUT2D eigenvalue weighted by atomic mass is 9.74. The number of nitrogens with zero attached hydrogens (tertiary/aromatic N) is 2. The summed E-state index contributed by atoms with van der Waals surface area (Å²) in [7, 11) is 0. The monoisotopic (exact) mass is 571 g/mol. The Balaban J connectivity index is 1.27. The SMILES string of the molecule is CC1c2cc(-c3ccc(NC(=O)N4CCOCC4)cc3)ccc2OC2(CCN(C(=O)OCC(C)(C)C)CC2)C1(F)F. The number of hydrogen-bond donors (Lipinski definition) is 1. The summed E-state index contributed by atoms with van der Waals surface area (Å²) in [6, 6.07) is 12.5. The van der Waals surface area contributed by atoms with Crippen LogP contribution in [0.1, 0.15) is 52.0 Å². The second-order valence-electron chi connectivity index (χ2n) is 12.4. The number of alkyl halides is 2. The van der Waals surface area contributed by atoms with E-state index in [1.54, 1.807) is 36.1 Å². The van der Waals surface area contributed by atoms with Crippen LogP contribution in [0.25, 0.3) is 11.1 Å². The average molecular weight is 572 g/mol. The number of anilines is 1. The summed E-state index contributed by atoms with van der Waals surface area (Å²) < 4.78 is 48.8. The molecule has 3 amide bonds. The number of carbonyl (C=O) groups is 2. The molecule has 8 nitrogen and oxygen atoms in total. The van der Waals surface area contributed by atoms with Crippen LogP contribution < -0.4 is 10.1 Å². The number of carbonyl (C=O) groups excluding carboxylic acids is 2. The van der Waals surface area contributed by atoms with Crippen molar-refractivity contribution in [2.24, 2.45) is 5.41 Å². The molecule has 0 bridgehead atoms. The van der Waals surface area contributed by atoms with Crippen molar-refractivity contribution in [2.45, 2.75) is 58.0 Å². The molecule has 1 atom stereocenters. The first-order valence-corrected chi connectivity index (χ1v) is 14.3. The number of hydrogen-bond acceptors (Lipinski definition) is 5. The molecule has 0 aromatic heterocycles. The Labute approximate surface area is 239 Å². The molecule has 1 N–H and O–H groups in total. The molecule has 2 aromatic carbocycles. The molecule has 0 saturated carbocycles. The van der Waals surface area contributed by atoms with Crippen LogP contribution >= 0.6 is 0 Å². The van der Waals surface area contributed by atoms with Gasteiger partial charge in [-0.1, -0.05) is 45.9 Å². The highest BCUT2D eigenvalue weighted by Crippen LogP contribution is 2.55. The summed E-state index contributed by atoms with van der Waals surface area (Å²) in [5, 5.41) is 2.89. The number of ether oxygens (including phenoxy) is 3. The van der Waals surface area contributed by atoms with E-state index in [4.69, 9.17) is 14.2 Å². The topological polar surface area (TPSA) is 80.3 Å². The molecule has 222 valence electrons. The number of urea groups is 1. The van der Waals surface area contributed by atoms with Gasteiger partial charge >= 0.3 is 12.1 Å². The van der Waals surface area contributed by atoms with Crippen LogP contribution in [0.15, 0.2) is 42.5 Å². The predicted octanol–water partition coefficient (Wildman–Crippen LogP) is 6.37. The lowest BCUT2D eigenvalue weighted by Crippen LogP contribution is -2.63. The van der Waals surface area contributed by atoms with E-state index < -0.39 is 23.5 Å². The standard InChI is InChI=1S/C31H39F2N3O5/c1-21-25-19-23(22-5-8-24(9-6-22)34-27(37)35-15-17-39-18-16-35)7-10-26(25)41-30(31(21,32)33)11-13-36(14-12-30)28(38)40-20-29(2,3)4/h5-10,19,21H,11-18,20H2,1-4H3,(H,34,37). The molecule has 2 aromatic rings. The molecule has 3 aliphatic heterocycles. The number of rotatable bonds is 3. The molecule has 0 radical (unpaired) electrons. The Hall–Kier alpha value is -3.40. The van der Waals surface area contributed by atoms with Crippen molar-refractivity contribution in [2.75, 3.05) is 51.3 Å². The van der Waals surface area contributed by atoms with Gasteiger partial charge in [0, 0.05) is 50.3 Å². The van der Waals surface area contributed by atoms with Gasteiger partial charge in [0.2, 0.25) is 0 Å². The van der Waals surface area contributed by atoms with E-state index >= 15 is 8.78 Å². The number of likely N-dealkylation sites (tertiary alicyclic amines) is 1. The third-order valence-corrected chi connectivity index (χ3v) is 8.16. The predicted molar refractivity (Wildman–Crippen MR) is 152 cm³/mol. The van der Waals surface area contributed by atoms with Crippen molar-refractivity contribution in [1.82, 2.24) is 9.80 Å². The average Bonchev–Trinajstić information content (AvgIpc) is 2.96. The maximum absolute atomic E-state index is 16.0. The minimum atomic E-state index is -3.13. The molecule has 10 heteroatoms. The molecule has 0 aliphatic carbocycles. The maximum atomic E-state index is 16.0. The Morgan fingerprint density at radius 2 is 1.61 bits per heavy atom. The summed E-state index contributed by atoms with van der Waals surface area (Å²) in [6.07, 6.45) is -0.430. The molecule has 1 unspecified atom stereocenters. The Morgan fingerprint density at radius 3 is 2.24 bits per heavy atom. The van der Waals surface area contributed by atoms with Crippen molar-refractivity contribution in [3.63, 3.8) is 0 Å². The second-order valence-corrected chi connectivity index (χ2v) is 12.4. The largest absolute Gasteiger partial charge is 0.481 e. The van der Waals surface area contributed by atoms with Gasteiger partial charge in [0.25, 0.3) is 5.92 Å². The number of nitrogens with one attached hydrogen (secondary N) is 1. The quantitative estimate of drug-likeness (QED) is 0.463. The van der Waals surface area contributed by atoms with Crippen LogP contribution in [0.2, 0.25) is 0 Å². The molecule has 3 heterocycles. The molecular formula is C31H39F2N3O5. The van der Waals surface area contributed by atoms with E-state index in [0.29, 0.717) is 43.3 Å². The van der Waals surface area contributed by atoms with Gasteiger partial charge in [0.1, 0.15) is 5.75 Å². The maximum Gasteiger partial charge on any atom is 0.409 e. The van der Waals surface area contributed by atoms with Crippen molar-refractivity contribution < 1.29 is 32.6 Å². The first kappa shape index (κ1) is 29.1. The van der Waals surface area contributed by atoms with Crippen molar-refractivity contribution in [3.05, 3.63) is 48.0 Å². The lowest BCUT2D eigenvalue weighted by Gasteiger charge is -2.50. The normalized spacial score (nSPS) is 21.6. The lowest BCUT2D eigenvalue weighted by molar-refractivity contribution is -0.206. The smallest absolute Gasteiger partial charge is 0.409 e. The van der Waals surface area contributed by atoms with Gasteiger partial charge < -0.3 is 29.3 Å². The van der Waals surface area contributed by atoms with E-state index in [-0.39, 0.29) is 44.0 Å². The van der Waals surface area contributed by atoms with E-state index in [0.717, 1.165) is 11.1 Å². The molecule has 5 rings (SSSR count). The number of fused-ring (bicyclic) bond motifs is 1. The molecule has 3 aliphatic rings. The van der Waals surface area contributed by atoms with Crippen molar-refractivity contribution in [3.8, 4) is 16.9 Å². The molecular weight excluding hydrogens is 532 g/mol. The van der Waals surface area contributed by atoms with Gasteiger partial charge in [-0.3, -0.25) is 0 Å². The number of morpholine rings is 1. The highest BCUT2D eigenvalue weighted by atomic mass is 19.3. The van der Waals surface area contributed by atoms with Gasteiger partial charge in [-0.05, 0) is 40.8 Å². The minimum Gasteiger partial charge on any atom is -0.481 e. The molecule has 1 spiro atoms. The number of halogens is 2. The summed E-state index contributed by atoms with van der Waals surface area (Å²) in [4.78, 5) is 28.2. The van der Waals surface area contributed by atoms with Crippen LogP contribution in [0.5, 0.6) is 5.75 Å². The summed E-state index contributed by atoms with van der Waals surface area (Å²) in [6.45, 7) is 10.1. The zero-order valence-corrected chi connectivity index (χ0v) is 24.2. The van der Waals surface area contributed by atoms with E-state index in [1.165, 1.54) is 4.90 Å². The fourth-order valence-corrected chi connectivity index (χ4v) is 5.60. The van der Waals surface area contributed by atoms with Gasteiger partial charge in [-0.2, -0.15) is 0 Å². The fraction of sp³-hybridized carbons (Fsp3) is 0.548. The summed E-state index contributed by atoms with van der Waals surface area (Å²) in [5.41, 5.74) is 0.882. The highest BCUT2D eigenvalue weighted by molar-refractivity contribution is 5.89. The van der Waals surface area contributed by atoms with E-state index in [9.17, 15) is 9.59 Å². The van der Waals surface area contributed by atoms with Crippen molar-refractivity contribution in [1.29, 1.82) is 0 Å². The highest BCUT2D eigenvalue weighted by Gasteiger charge is 2.63. The number of benzene rings is 2. The van der Waals surface area contributed by atoms with Crippen LogP contribution in [-0.4, -0.2) is 79.4 Å². The van der Waals surface area contributed by atoms with Crippen LogP contribution in [0, 0.1) is 5.41 Å². The van der Waals surface area contributed by atoms with Crippen molar-refractivity contribution >= 4 is 17.8 Å². The molecule has 2 saturated heterocycles. The van der Waals surface area contributed by atoms with Crippen LogP contribution in [-0.2, 0) is 9.47 Å². The summed E-state index contributed by atoms with van der Waals surface area (Å²) >= 11 is 0. The minimum absolute atomic E-state index is 0.0216. The van der Waals surface area contributed by atoms with Gasteiger partial charge in [-0.25, -0.2) is 18.4 Å². The van der Waals surface area contributed by atoms with E-state index in [1.807, 2.05) is 39.0 Å². The Morgan fingerprint density at radius 1 is 0.976 bits per heavy atom. The third-order valence-electron chi connectivity index (χ3n) is 8.16. The molecule has 41 heavy (non-hydrogen) atoms. The van der Waals surface area contributed by atoms with Gasteiger partial charge in [-0.15, -0.1) is 0 Å². The van der Waals surface area contributed by atoms with Gasteiger partial charge in [0.05, 0.1) is 25.7 Å². The molecule has 2 fully saturated rings. The zero-order valence-electron chi connectivity index (χ0n) is 24.2. The third kappa shape index (κ3) is 5.98. The first-order valence-electron chi connectivity index (χ1n) is 14.3. The first-order chi connectivity index (χ1) is 19.4. The number of amides is 3. The fourth-order valence-electron chi connectivity index (χ4n) is 5.60.